The molecule has 0 aromatic heterocycles. The van der Waals surface area contributed by atoms with Crippen molar-refractivity contribution in [3.8, 4) is 0 Å². The largest absolute Gasteiger partial charge is 0.395 e. The third-order valence-electron chi connectivity index (χ3n) is 3.36. The van der Waals surface area contributed by atoms with E-state index in [4.69, 9.17) is 19.3 Å². The van der Waals surface area contributed by atoms with E-state index in [1.807, 2.05) is 0 Å². The van der Waals surface area contributed by atoms with Crippen LogP contribution in [0.4, 0.5) is 0 Å². The molecule has 0 aliphatic heterocycles. The molecule has 5 nitrogen and oxygen atoms in total. The summed E-state index contributed by atoms with van der Waals surface area (Å²) in [6, 6.07) is 0.683. The number of nitrogens with zero attached hydrogens (tertiary/aromatic N) is 1. The predicted octanol–water partition coefficient (Wildman–Crippen LogP) is 1.29. The maximum Gasteiger partial charge on any atom is 0.0701 e. The van der Waals surface area contributed by atoms with E-state index in [1.165, 1.54) is 19.3 Å². The summed E-state index contributed by atoms with van der Waals surface area (Å²) in [4.78, 5) is 2.31. The van der Waals surface area contributed by atoms with Gasteiger partial charge in [-0.15, -0.1) is 0 Å². The molecule has 0 bridgehead atoms. The third-order valence-corrected chi connectivity index (χ3v) is 3.36. The number of aliphatic hydroxyl groups excluding tert-OH is 1. The number of aliphatic hydroxyl groups is 1. The molecule has 0 aromatic carbocycles. The van der Waals surface area contributed by atoms with Gasteiger partial charge < -0.3 is 19.3 Å². The molecule has 0 heterocycles. The average Bonchev–Trinajstić information content (AvgIpc) is 3.28. The lowest BCUT2D eigenvalue weighted by atomic mass is 10.4. The molecule has 20 heavy (non-hydrogen) atoms. The molecule has 1 fully saturated rings. The van der Waals surface area contributed by atoms with Gasteiger partial charge in [-0.05, 0) is 19.3 Å². The first-order valence-corrected chi connectivity index (χ1v) is 7.96. The van der Waals surface area contributed by atoms with Crippen molar-refractivity contribution in [2.45, 2.75) is 38.6 Å². The van der Waals surface area contributed by atoms with E-state index in [9.17, 15) is 0 Å². The Morgan fingerprint density at radius 1 is 0.900 bits per heavy atom. The van der Waals surface area contributed by atoms with Gasteiger partial charge in [-0.1, -0.05) is 13.3 Å². The third kappa shape index (κ3) is 9.66. The molecule has 1 aliphatic carbocycles. The summed E-state index contributed by atoms with van der Waals surface area (Å²) in [6.07, 6.45) is 4.82. The monoisotopic (exact) mass is 289 g/mol. The van der Waals surface area contributed by atoms with E-state index >= 15 is 0 Å². The van der Waals surface area contributed by atoms with E-state index in [2.05, 4.69) is 11.8 Å². The van der Waals surface area contributed by atoms with Crippen molar-refractivity contribution < 1.29 is 19.3 Å². The van der Waals surface area contributed by atoms with Crippen LogP contribution >= 0.6 is 0 Å². The van der Waals surface area contributed by atoms with Crippen molar-refractivity contribution in [1.82, 2.24) is 4.90 Å². The summed E-state index contributed by atoms with van der Waals surface area (Å²) in [5.41, 5.74) is 0. The van der Waals surface area contributed by atoms with Crippen molar-refractivity contribution in [2.75, 3.05) is 59.3 Å². The number of rotatable bonds is 15. The highest BCUT2D eigenvalue weighted by molar-refractivity contribution is 4.84. The number of hydrogen-bond donors (Lipinski definition) is 1. The smallest absolute Gasteiger partial charge is 0.0701 e. The normalized spacial score (nSPS) is 15.2. The second kappa shape index (κ2) is 12.5. The minimum Gasteiger partial charge on any atom is -0.395 e. The lowest BCUT2D eigenvalue weighted by molar-refractivity contribution is 0.00909. The van der Waals surface area contributed by atoms with E-state index in [0.29, 0.717) is 39.1 Å². The van der Waals surface area contributed by atoms with Crippen LogP contribution in [0.1, 0.15) is 32.6 Å². The van der Waals surface area contributed by atoms with Gasteiger partial charge in [0.25, 0.3) is 0 Å². The van der Waals surface area contributed by atoms with Gasteiger partial charge >= 0.3 is 0 Å². The van der Waals surface area contributed by atoms with Crippen LogP contribution < -0.4 is 0 Å². The molecule has 0 spiro atoms. The van der Waals surface area contributed by atoms with E-state index in [1.54, 1.807) is 0 Å². The topological polar surface area (TPSA) is 51.2 Å². The Labute approximate surface area is 123 Å². The Balaban J connectivity index is 1.77. The zero-order valence-electron chi connectivity index (χ0n) is 12.9. The van der Waals surface area contributed by atoms with Crippen molar-refractivity contribution >= 4 is 0 Å². The summed E-state index contributed by atoms with van der Waals surface area (Å²) in [5.74, 6) is 0. The van der Waals surface area contributed by atoms with Gasteiger partial charge in [-0.3, -0.25) is 4.90 Å². The number of hydrogen-bond acceptors (Lipinski definition) is 5. The molecule has 0 unspecified atom stereocenters. The van der Waals surface area contributed by atoms with Crippen LogP contribution in [0.15, 0.2) is 0 Å². The SMILES string of the molecule is CCCCOCCOCCOCCN(CCO)C1CC1. The lowest BCUT2D eigenvalue weighted by Crippen LogP contribution is -2.32. The second-order valence-electron chi connectivity index (χ2n) is 5.18. The van der Waals surface area contributed by atoms with Gasteiger partial charge in [-0.2, -0.15) is 0 Å². The van der Waals surface area contributed by atoms with Crippen molar-refractivity contribution in [2.24, 2.45) is 0 Å². The van der Waals surface area contributed by atoms with Crippen LogP contribution in [0.3, 0.4) is 0 Å². The highest BCUT2D eigenvalue weighted by atomic mass is 16.5. The minimum absolute atomic E-state index is 0.234. The van der Waals surface area contributed by atoms with Crippen LogP contribution in [0.2, 0.25) is 0 Å². The fourth-order valence-electron chi connectivity index (χ4n) is 2.02. The van der Waals surface area contributed by atoms with Gasteiger partial charge in [0.15, 0.2) is 0 Å². The Morgan fingerprint density at radius 2 is 1.50 bits per heavy atom. The lowest BCUT2D eigenvalue weighted by Gasteiger charge is -2.20. The van der Waals surface area contributed by atoms with Gasteiger partial charge in [-0.25, -0.2) is 0 Å². The zero-order valence-corrected chi connectivity index (χ0v) is 12.9. The minimum atomic E-state index is 0.234. The van der Waals surface area contributed by atoms with E-state index in [0.717, 1.165) is 26.1 Å². The zero-order chi connectivity index (χ0) is 14.5. The molecule has 5 heteroatoms. The fourth-order valence-corrected chi connectivity index (χ4v) is 2.02. The summed E-state index contributed by atoms with van der Waals surface area (Å²) < 4.78 is 16.4. The van der Waals surface area contributed by atoms with Gasteiger partial charge in [0.05, 0.1) is 39.6 Å². The Kier molecular flexibility index (Phi) is 11.2. The fraction of sp³-hybridized carbons (Fsp3) is 1.00. The molecule has 0 radical (unpaired) electrons. The van der Waals surface area contributed by atoms with E-state index < -0.39 is 0 Å². The highest BCUT2D eigenvalue weighted by Gasteiger charge is 2.27. The Morgan fingerprint density at radius 3 is 2.05 bits per heavy atom. The summed E-state index contributed by atoms with van der Waals surface area (Å²) in [7, 11) is 0. The molecule has 1 aliphatic rings. The molecule has 0 amide bonds. The van der Waals surface area contributed by atoms with E-state index in [-0.39, 0.29) is 6.61 Å². The number of ether oxygens (including phenoxy) is 3. The van der Waals surface area contributed by atoms with Crippen molar-refractivity contribution in [3.05, 3.63) is 0 Å². The predicted molar refractivity (Wildman–Crippen MR) is 79.0 cm³/mol. The van der Waals surface area contributed by atoms with Gasteiger partial charge in [0.1, 0.15) is 0 Å². The second-order valence-corrected chi connectivity index (χ2v) is 5.18. The molecule has 1 N–H and O–H groups in total. The van der Waals surface area contributed by atoms with Crippen LogP contribution in [-0.4, -0.2) is 75.4 Å². The Bertz CT molecular complexity index is 212. The Hall–Kier alpha value is -0.200. The van der Waals surface area contributed by atoms with Crippen LogP contribution in [0, 0.1) is 0 Å². The van der Waals surface area contributed by atoms with Crippen LogP contribution in [0.5, 0.6) is 0 Å². The molecule has 0 aromatic rings. The molecule has 0 saturated heterocycles. The average molecular weight is 289 g/mol. The van der Waals surface area contributed by atoms with Gasteiger partial charge in [0.2, 0.25) is 0 Å². The summed E-state index contributed by atoms with van der Waals surface area (Å²) in [5, 5.41) is 8.98. The first-order chi connectivity index (χ1) is 9.88. The molecular formula is C15H31NO4. The molecular weight excluding hydrogens is 258 g/mol. The van der Waals surface area contributed by atoms with Crippen LogP contribution in [-0.2, 0) is 14.2 Å². The van der Waals surface area contributed by atoms with Crippen LogP contribution in [0.25, 0.3) is 0 Å². The molecule has 1 rings (SSSR count). The maximum atomic E-state index is 8.98. The number of unbranched alkanes of at least 4 members (excludes halogenated alkanes) is 1. The summed E-state index contributed by atoms with van der Waals surface area (Å²) in [6.45, 7) is 8.18. The molecule has 0 atom stereocenters. The van der Waals surface area contributed by atoms with Crippen molar-refractivity contribution in [3.63, 3.8) is 0 Å². The molecule has 120 valence electrons. The summed E-state index contributed by atoms with van der Waals surface area (Å²) >= 11 is 0. The maximum absolute atomic E-state index is 8.98. The van der Waals surface area contributed by atoms with Crippen molar-refractivity contribution in [1.29, 1.82) is 0 Å². The first-order valence-electron chi connectivity index (χ1n) is 7.96. The quantitative estimate of drug-likeness (QED) is 0.460. The molecule has 1 saturated carbocycles. The highest BCUT2D eigenvalue weighted by Crippen LogP contribution is 2.25. The first kappa shape index (κ1) is 17.9. The van der Waals surface area contributed by atoms with Gasteiger partial charge in [0, 0.05) is 25.7 Å². The standard InChI is InChI=1S/C15H31NO4/c1-2-3-9-18-11-13-20-14-12-19-10-7-16(6-8-17)15-4-5-15/h15,17H,2-14H2,1H3.